The van der Waals surface area contributed by atoms with Gasteiger partial charge in [0.05, 0.1) is 50.2 Å². The minimum Gasteiger partial charge on any atom is -0.391 e. The lowest BCUT2D eigenvalue weighted by Crippen LogP contribution is -2.60. The number of amides is 5. The van der Waals surface area contributed by atoms with Gasteiger partial charge in [-0.3, -0.25) is 24.0 Å². The number of aliphatic hydroxyl groups is 1. The summed E-state index contributed by atoms with van der Waals surface area (Å²) >= 11 is 0. The zero-order valence-electron chi connectivity index (χ0n) is 25.3. The molecule has 3 fully saturated rings. The zero-order valence-corrected chi connectivity index (χ0v) is 25.3. The number of ether oxygens (including phenoxy) is 3. The molecule has 238 valence electrons. The van der Waals surface area contributed by atoms with Crippen LogP contribution >= 0.6 is 0 Å². The number of fused-ring (bicyclic) bond motifs is 2. The molecular weight excluding hydrogens is 550 g/mol. The molecule has 14 nitrogen and oxygen atoms in total. The summed E-state index contributed by atoms with van der Waals surface area (Å²) in [6.45, 7) is 9.34. The van der Waals surface area contributed by atoms with Crippen molar-refractivity contribution in [3.05, 3.63) is 0 Å². The summed E-state index contributed by atoms with van der Waals surface area (Å²) in [5.41, 5.74) is 4.68. The van der Waals surface area contributed by atoms with Crippen molar-refractivity contribution in [3.63, 3.8) is 0 Å². The number of aliphatic hydroxyl groups excluding tert-OH is 1. The number of rotatable bonds is 2. The first-order valence-corrected chi connectivity index (χ1v) is 14.8. The second-order valence-electron chi connectivity index (χ2n) is 12.1. The number of carbonyl (C=O) groups is 5. The first-order valence-electron chi connectivity index (χ1n) is 14.8. The number of carbonyl (C=O) groups excluding carboxylic acids is 5. The normalized spacial score (nSPS) is 33.5. The molecule has 7 atom stereocenters. The van der Waals surface area contributed by atoms with Crippen LogP contribution < -0.4 is 16.4 Å². The quantitative estimate of drug-likeness (QED) is 0.303. The second-order valence-corrected chi connectivity index (χ2v) is 12.1. The SMILES string of the molecule is CC1COC(C)(C)CC(=O)N[C@@H]([C@@H](C)O)C(=O)N2CCC[C@H]2C(=O)N2CCC[C@H]2C(=O)N[C@H](C(N)=O)[C@@H](C)OCCO1. The first-order chi connectivity index (χ1) is 19.7. The number of nitrogens with one attached hydrogen (secondary N) is 2. The molecule has 0 aromatic heterocycles. The molecular formula is C28H47N5O9. The average Bonchev–Trinajstić information content (AvgIpc) is 3.60. The van der Waals surface area contributed by atoms with Crippen LogP contribution in [-0.4, -0.2) is 125 Å². The molecule has 0 aromatic carbocycles. The number of nitrogens with zero attached hydrogens (tertiary/aromatic N) is 2. The van der Waals surface area contributed by atoms with E-state index in [9.17, 15) is 29.1 Å². The van der Waals surface area contributed by atoms with Gasteiger partial charge in [-0.05, 0) is 60.3 Å². The summed E-state index contributed by atoms with van der Waals surface area (Å²) < 4.78 is 17.4. The van der Waals surface area contributed by atoms with Crippen LogP contribution in [0.1, 0.15) is 66.7 Å². The summed E-state index contributed by atoms with van der Waals surface area (Å²) in [7, 11) is 0. The third-order valence-corrected chi connectivity index (χ3v) is 7.96. The fourth-order valence-electron chi connectivity index (χ4n) is 5.65. The van der Waals surface area contributed by atoms with E-state index in [0.29, 0.717) is 32.2 Å². The molecule has 0 radical (unpaired) electrons. The summed E-state index contributed by atoms with van der Waals surface area (Å²) in [5, 5.41) is 15.7. The lowest BCUT2D eigenvalue weighted by molar-refractivity contribution is -0.150. The zero-order chi connectivity index (χ0) is 31.2. The molecule has 0 spiro atoms. The Labute approximate surface area is 246 Å². The third kappa shape index (κ3) is 8.62. The van der Waals surface area contributed by atoms with Gasteiger partial charge in [0.15, 0.2) is 0 Å². The van der Waals surface area contributed by atoms with Crippen LogP contribution in [-0.2, 0) is 38.2 Å². The Hall–Kier alpha value is -2.81. The van der Waals surface area contributed by atoms with Gasteiger partial charge in [-0.2, -0.15) is 0 Å². The van der Waals surface area contributed by atoms with Gasteiger partial charge in [0.25, 0.3) is 0 Å². The Kier molecular flexibility index (Phi) is 11.7. The van der Waals surface area contributed by atoms with Crippen LogP contribution in [0.15, 0.2) is 0 Å². The molecule has 3 aliphatic heterocycles. The van der Waals surface area contributed by atoms with E-state index in [1.165, 1.54) is 16.7 Å². The van der Waals surface area contributed by atoms with Crippen LogP contribution in [0.3, 0.4) is 0 Å². The Morgan fingerprint density at radius 3 is 2.19 bits per heavy atom. The van der Waals surface area contributed by atoms with Crippen LogP contribution in [0.4, 0.5) is 0 Å². The molecule has 5 amide bonds. The van der Waals surface area contributed by atoms with E-state index in [-0.39, 0.29) is 38.9 Å². The Balaban J connectivity index is 1.87. The highest BCUT2D eigenvalue weighted by molar-refractivity contribution is 5.96. The van der Waals surface area contributed by atoms with Gasteiger partial charge in [0, 0.05) is 13.1 Å². The highest BCUT2D eigenvalue weighted by atomic mass is 16.6. The molecule has 14 heteroatoms. The minimum atomic E-state index is -1.27. The van der Waals surface area contributed by atoms with Crippen molar-refractivity contribution in [1.82, 2.24) is 20.4 Å². The lowest BCUT2D eigenvalue weighted by Gasteiger charge is -2.34. The Morgan fingerprint density at radius 1 is 0.976 bits per heavy atom. The highest BCUT2D eigenvalue weighted by Gasteiger charge is 2.45. The Morgan fingerprint density at radius 2 is 1.57 bits per heavy atom. The molecule has 0 saturated carbocycles. The van der Waals surface area contributed by atoms with Crippen molar-refractivity contribution in [2.24, 2.45) is 5.73 Å². The summed E-state index contributed by atoms with van der Waals surface area (Å²) in [4.78, 5) is 68.7. The smallest absolute Gasteiger partial charge is 0.248 e. The Bertz CT molecular complexity index is 1010. The predicted octanol–water partition coefficient (Wildman–Crippen LogP) is -1.19. The fourth-order valence-corrected chi connectivity index (χ4v) is 5.65. The van der Waals surface area contributed by atoms with E-state index in [0.717, 1.165) is 0 Å². The monoisotopic (exact) mass is 597 g/mol. The van der Waals surface area contributed by atoms with Crippen molar-refractivity contribution >= 4 is 29.5 Å². The van der Waals surface area contributed by atoms with E-state index < -0.39 is 71.5 Å². The highest BCUT2D eigenvalue weighted by Crippen LogP contribution is 2.26. The van der Waals surface area contributed by atoms with E-state index >= 15 is 0 Å². The lowest BCUT2D eigenvalue weighted by atomic mass is 10.0. The number of nitrogens with two attached hydrogens (primary N) is 1. The van der Waals surface area contributed by atoms with Crippen molar-refractivity contribution < 1.29 is 43.3 Å². The van der Waals surface area contributed by atoms with Crippen LogP contribution in [0.2, 0.25) is 0 Å². The van der Waals surface area contributed by atoms with E-state index in [2.05, 4.69) is 10.6 Å². The molecule has 0 aliphatic carbocycles. The largest absolute Gasteiger partial charge is 0.391 e. The molecule has 1 unspecified atom stereocenters. The summed E-state index contributed by atoms with van der Waals surface area (Å²) in [5.74, 6) is -2.75. The number of hydrogen-bond acceptors (Lipinski definition) is 9. The van der Waals surface area contributed by atoms with Gasteiger partial charge in [0.1, 0.15) is 24.2 Å². The second kappa shape index (κ2) is 14.6. The van der Waals surface area contributed by atoms with Gasteiger partial charge in [-0.1, -0.05) is 0 Å². The molecule has 0 bridgehead atoms. The van der Waals surface area contributed by atoms with Crippen molar-refractivity contribution in [1.29, 1.82) is 0 Å². The van der Waals surface area contributed by atoms with Crippen molar-refractivity contribution in [2.75, 3.05) is 32.9 Å². The molecule has 0 aromatic rings. The topological polar surface area (TPSA) is 190 Å². The molecule has 3 heterocycles. The average molecular weight is 598 g/mol. The van der Waals surface area contributed by atoms with Gasteiger partial charge in [-0.15, -0.1) is 0 Å². The summed E-state index contributed by atoms with van der Waals surface area (Å²) in [6.07, 6.45) is -0.534. The van der Waals surface area contributed by atoms with Crippen LogP contribution in [0.5, 0.6) is 0 Å². The van der Waals surface area contributed by atoms with E-state index in [4.69, 9.17) is 19.9 Å². The standard InChI is InChI=1S/C28H47N5O9/c1-16-15-42-28(4,5)14-21(35)30-22(17(2)34)27(39)33-11-7-9-20(33)26(38)32-10-6-8-19(32)25(37)31-23(24(29)36)18(3)41-13-12-40-16/h16-20,22-23,34H,6-15H2,1-5H3,(H2,29,36)(H,30,35)(H,31,37)/t16?,17-,18-,19+,20+,22+,23+/m1/s1. The van der Waals surface area contributed by atoms with E-state index in [1.807, 2.05) is 0 Å². The van der Waals surface area contributed by atoms with Crippen LogP contribution in [0.25, 0.3) is 0 Å². The van der Waals surface area contributed by atoms with E-state index in [1.54, 1.807) is 27.7 Å². The maximum Gasteiger partial charge on any atom is 0.248 e. The maximum atomic E-state index is 13.7. The first kappa shape index (κ1) is 33.7. The van der Waals surface area contributed by atoms with Crippen molar-refractivity contribution in [3.8, 4) is 0 Å². The van der Waals surface area contributed by atoms with Gasteiger partial charge < -0.3 is 45.5 Å². The maximum absolute atomic E-state index is 13.7. The predicted molar refractivity (Wildman–Crippen MR) is 150 cm³/mol. The fraction of sp³-hybridized carbons (Fsp3) is 0.821. The van der Waals surface area contributed by atoms with Gasteiger partial charge in [-0.25, -0.2) is 0 Å². The van der Waals surface area contributed by atoms with Crippen LogP contribution in [0, 0.1) is 0 Å². The number of hydrogen-bond donors (Lipinski definition) is 4. The van der Waals surface area contributed by atoms with Crippen molar-refractivity contribution in [2.45, 2.75) is 115 Å². The van der Waals surface area contributed by atoms with Gasteiger partial charge >= 0.3 is 0 Å². The molecule has 5 N–H and O–H groups in total. The molecule has 3 saturated heterocycles. The number of primary amides is 1. The summed E-state index contributed by atoms with van der Waals surface area (Å²) in [6, 6.07) is -4.09. The molecule has 3 rings (SSSR count). The molecule has 42 heavy (non-hydrogen) atoms. The molecule has 3 aliphatic rings. The van der Waals surface area contributed by atoms with Gasteiger partial charge in [0.2, 0.25) is 29.5 Å². The third-order valence-electron chi connectivity index (χ3n) is 7.96. The minimum absolute atomic E-state index is 0.0850.